The Kier molecular flexibility index (Phi) is 4.70. The molecule has 0 atom stereocenters. The van der Waals surface area contributed by atoms with Crippen molar-refractivity contribution in [1.82, 2.24) is 19.9 Å². The van der Waals surface area contributed by atoms with E-state index in [1.807, 2.05) is 28.9 Å². The van der Waals surface area contributed by atoms with Crippen molar-refractivity contribution in [2.24, 2.45) is 0 Å². The van der Waals surface area contributed by atoms with Crippen molar-refractivity contribution in [2.75, 3.05) is 32.6 Å². The lowest BCUT2D eigenvalue weighted by atomic mass is 10.3. The molecule has 0 radical (unpaired) electrons. The molecule has 2 aromatic rings. The number of nitrogens with one attached hydrogen (secondary N) is 2. The number of hydrogen-bond acceptors (Lipinski definition) is 3. The van der Waals surface area contributed by atoms with Gasteiger partial charge in [-0.1, -0.05) is 12.1 Å². The van der Waals surface area contributed by atoms with E-state index in [9.17, 15) is 0 Å². The van der Waals surface area contributed by atoms with Crippen LogP contribution in [0.4, 0.5) is 0 Å². The summed E-state index contributed by atoms with van der Waals surface area (Å²) in [5, 5.41) is 3.80. The molecule has 0 unspecified atom stereocenters. The predicted octanol–water partition coefficient (Wildman–Crippen LogP) is 1.41. The number of rotatable bonds is 5. The lowest BCUT2D eigenvalue weighted by Crippen LogP contribution is -2.35. The quantitative estimate of drug-likeness (QED) is 0.639. The van der Waals surface area contributed by atoms with Gasteiger partial charge >= 0.3 is 0 Å². The number of thiocarbonyl (C=S) groups is 1. The van der Waals surface area contributed by atoms with Crippen LogP contribution in [0.25, 0.3) is 11.0 Å². The molecule has 0 aliphatic carbocycles. The highest BCUT2D eigenvalue weighted by molar-refractivity contribution is 7.80. The van der Waals surface area contributed by atoms with Crippen LogP contribution in [-0.4, -0.2) is 46.9 Å². The van der Waals surface area contributed by atoms with E-state index in [1.165, 1.54) is 0 Å². The van der Waals surface area contributed by atoms with Crippen molar-refractivity contribution in [3.05, 3.63) is 30.6 Å². The topological polar surface area (TPSA) is 45.1 Å². The summed E-state index contributed by atoms with van der Waals surface area (Å²) in [6, 6.07) is 7.93. The molecule has 2 rings (SSSR count). The average Bonchev–Trinajstić information content (AvgIpc) is 2.78. The maximum Gasteiger partial charge on any atom is 0.185 e. The zero-order valence-electron chi connectivity index (χ0n) is 11.3. The molecule has 6 heteroatoms. The minimum Gasteiger partial charge on any atom is -0.361 e. The van der Waals surface area contributed by atoms with Crippen LogP contribution in [0.3, 0.4) is 0 Å². The maximum absolute atomic E-state index is 5.26. The fourth-order valence-corrected chi connectivity index (χ4v) is 1.99. The van der Waals surface area contributed by atoms with Gasteiger partial charge in [-0.05, 0) is 51.4 Å². The Morgan fingerprint density at radius 3 is 2.95 bits per heavy atom. The summed E-state index contributed by atoms with van der Waals surface area (Å²) in [5.41, 5.74) is 5.08. The SMILES string of the molecule is CN(C)CCCNC(=S)Nn1cnc2ccccc21. The minimum absolute atomic E-state index is 0.613. The van der Waals surface area contributed by atoms with Crippen LogP contribution in [0.5, 0.6) is 0 Å². The highest BCUT2D eigenvalue weighted by atomic mass is 32.1. The molecule has 1 heterocycles. The molecule has 0 amide bonds. The Hall–Kier alpha value is -1.66. The molecule has 19 heavy (non-hydrogen) atoms. The summed E-state index contributed by atoms with van der Waals surface area (Å²) in [5.74, 6) is 0. The average molecular weight is 277 g/mol. The zero-order valence-corrected chi connectivity index (χ0v) is 12.1. The Morgan fingerprint density at radius 1 is 1.37 bits per heavy atom. The first-order valence-electron chi connectivity index (χ1n) is 6.28. The van der Waals surface area contributed by atoms with E-state index in [-0.39, 0.29) is 0 Å². The number of benzene rings is 1. The van der Waals surface area contributed by atoms with E-state index < -0.39 is 0 Å². The summed E-state index contributed by atoms with van der Waals surface area (Å²) in [6.45, 7) is 1.90. The number of aromatic nitrogens is 2. The Morgan fingerprint density at radius 2 is 2.16 bits per heavy atom. The van der Waals surface area contributed by atoms with Crippen molar-refractivity contribution >= 4 is 28.4 Å². The minimum atomic E-state index is 0.613. The second-order valence-corrected chi connectivity index (χ2v) is 5.04. The molecule has 0 bridgehead atoms. The van der Waals surface area contributed by atoms with Gasteiger partial charge in [0.1, 0.15) is 6.33 Å². The molecular formula is C13H19N5S. The highest BCUT2D eigenvalue weighted by Gasteiger charge is 2.02. The predicted molar refractivity (Wildman–Crippen MR) is 82.9 cm³/mol. The first-order chi connectivity index (χ1) is 9.16. The van der Waals surface area contributed by atoms with Gasteiger partial charge < -0.3 is 10.2 Å². The fourth-order valence-electron chi connectivity index (χ4n) is 1.79. The number of nitrogens with zero attached hydrogens (tertiary/aromatic N) is 3. The van der Waals surface area contributed by atoms with Gasteiger partial charge in [0.25, 0.3) is 0 Å². The molecule has 102 valence electrons. The van der Waals surface area contributed by atoms with Crippen LogP contribution < -0.4 is 10.7 Å². The molecule has 2 N–H and O–H groups in total. The van der Waals surface area contributed by atoms with Gasteiger partial charge in [0, 0.05) is 6.54 Å². The van der Waals surface area contributed by atoms with Gasteiger partial charge in [-0.15, -0.1) is 0 Å². The van der Waals surface area contributed by atoms with Crippen molar-refractivity contribution < 1.29 is 0 Å². The van der Waals surface area contributed by atoms with Crippen LogP contribution in [0.2, 0.25) is 0 Å². The number of hydrogen-bond donors (Lipinski definition) is 2. The molecule has 1 aromatic carbocycles. The highest BCUT2D eigenvalue weighted by Crippen LogP contribution is 2.09. The molecule has 0 aliphatic rings. The fraction of sp³-hybridized carbons (Fsp3) is 0.385. The van der Waals surface area contributed by atoms with E-state index in [2.05, 4.69) is 34.7 Å². The van der Waals surface area contributed by atoms with Crippen LogP contribution >= 0.6 is 12.2 Å². The van der Waals surface area contributed by atoms with Crippen LogP contribution in [0.15, 0.2) is 30.6 Å². The van der Waals surface area contributed by atoms with Crippen molar-refractivity contribution in [3.8, 4) is 0 Å². The lowest BCUT2D eigenvalue weighted by Gasteiger charge is -2.13. The second kappa shape index (κ2) is 6.49. The number of imidazole rings is 1. The maximum atomic E-state index is 5.26. The van der Waals surface area contributed by atoms with Crippen LogP contribution in [-0.2, 0) is 0 Å². The smallest absolute Gasteiger partial charge is 0.185 e. The summed E-state index contributed by atoms with van der Waals surface area (Å²) >= 11 is 5.26. The molecule has 0 saturated carbocycles. The first kappa shape index (κ1) is 13.8. The van der Waals surface area contributed by atoms with Crippen LogP contribution in [0, 0.1) is 0 Å². The third kappa shape index (κ3) is 3.90. The Bertz CT molecular complexity index is 549. The molecule has 0 aliphatic heterocycles. The van der Waals surface area contributed by atoms with E-state index in [4.69, 9.17) is 12.2 Å². The lowest BCUT2D eigenvalue weighted by molar-refractivity contribution is 0.400. The molecule has 5 nitrogen and oxygen atoms in total. The molecule has 0 spiro atoms. The monoisotopic (exact) mass is 277 g/mol. The van der Waals surface area contributed by atoms with E-state index in [0.717, 1.165) is 30.5 Å². The molecule has 0 saturated heterocycles. The van der Waals surface area contributed by atoms with Gasteiger partial charge in [-0.2, -0.15) is 0 Å². The summed E-state index contributed by atoms with van der Waals surface area (Å²) in [7, 11) is 4.13. The standard InChI is InChI=1S/C13H19N5S/c1-17(2)9-5-8-14-13(19)16-18-10-15-11-6-3-4-7-12(11)18/h3-4,6-7,10H,5,8-9H2,1-2H3,(H2,14,16,19). The number of fused-ring (bicyclic) bond motifs is 1. The second-order valence-electron chi connectivity index (χ2n) is 4.63. The third-order valence-electron chi connectivity index (χ3n) is 2.74. The summed E-state index contributed by atoms with van der Waals surface area (Å²) < 4.78 is 1.83. The Balaban J connectivity index is 1.85. The van der Waals surface area contributed by atoms with Crippen LogP contribution in [0.1, 0.15) is 6.42 Å². The largest absolute Gasteiger partial charge is 0.361 e. The molecule has 1 aromatic heterocycles. The third-order valence-corrected chi connectivity index (χ3v) is 2.98. The molecular weight excluding hydrogens is 258 g/mol. The number of para-hydroxylation sites is 2. The first-order valence-corrected chi connectivity index (χ1v) is 6.69. The zero-order chi connectivity index (χ0) is 13.7. The van der Waals surface area contributed by atoms with E-state index in [0.29, 0.717) is 5.11 Å². The van der Waals surface area contributed by atoms with Gasteiger partial charge in [0.2, 0.25) is 0 Å². The summed E-state index contributed by atoms with van der Waals surface area (Å²) in [4.78, 5) is 6.45. The van der Waals surface area contributed by atoms with Crippen molar-refractivity contribution in [3.63, 3.8) is 0 Å². The van der Waals surface area contributed by atoms with E-state index in [1.54, 1.807) is 6.33 Å². The van der Waals surface area contributed by atoms with E-state index >= 15 is 0 Å². The Labute approximate surface area is 118 Å². The summed E-state index contributed by atoms with van der Waals surface area (Å²) in [6.07, 6.45) is 2.79. The molecule has 0 fully saturated rings. The van der Waals surface area contributed by atoms with Gasteiger partial charge in [-0.25, -0.2) is 9.66 Å². The normalized spacial score (nSPS) is 10.9. The van der Waals surface area contributed by atoms with Crippen molar-refractivity contribution in [2.45, 2.75) is 6.42 Å². The van der Waals surface area contributed by atoms with Gasteiger partial charge in [-0.3, -0.25) is 5.43 Å². The van der Waals surface area contributed by atoms with Gasteiger partial charge in [0.05, 0.1) is 11.0 Å². The van der Waals surface area contributed by atoms with Gasteiger partial charge in [0.15, 0.2) is 5.11 Å². The van der Waals surface area contributed by atoms with Crippen molar-refractivity contribution in [1.29, 1.82) is 0 Å².